The van der Waals surface area contributed by atoms with Crippen LogP contribution in [-0.4, -0.2) is 0 Å². The molecule has 0 saturated carbocycles. The lowest BCUT2D eigenvalue weighted by molar-refractivity contribution is 0.672. The largest absolute Gasteiger partial charge is 0.314 e. The van der Waals surface area contributed by atoms with Crippen LogP contribution in [0.25, 0.3) is 27.1 Å². The number of rotatable bonds is 2. The molecule has 1 aliphatic carbocycles. The highest BCUT2D eigenvalue weighted by molar-refractivity contribution is 5.85. The summed E-state index contributed by atoms with van der Waals surface area (Å²) in [6, 6.07) is 31.9. The summed E-state index contributed by atoms with van der Waals surface area (Å²) in [6.45, 7) is 7.47. The first kappa shape index (κ1) is 17.9. The van der Waals surface area contributed by atoms with Gasteiger partial charge in [-0.3, -0.25) is 0 Å². The zero-order valence-corrected chi connectivity index (χ0v) is 16.1. The SMILES string of the molecule is [C-]#[N+]c1cccc(C#N)c1-c1ccc(C2(N)c3ccccc3-c3ccccc32)cc1. The number of fused-ring (bicyclic) bond motifs is 3. The Balaban J connectivity index is 1.69. The van der Waals surface area contributed by atoms with E-state index in [1.807, 2.05) is 48.5 Å². The molecule has 0 radical (unpaired) electrons. The molecule has 3 heteroatoms. The fourth-order valence-electron chi connectivity index (χ4n) is 4.51. The van der Waals surface area contributed by atoms with Crippen molar-refractivity contribution < 1.29 is 0 Å². The molecule has 30 heavy (non-hydrogen) atoms. The van der Waals surface area contributed by atoms with E-state index in [1.54, 1.807) is 18.2 Å². The fourth-order valence-corrected chi connectivity index (χ4v) is 4.51. The zero-order valence-electron chi connectivity index (χ0n) is 16.1. The van der Waals surface area contributed by atoms with E-state index >= 15 is 0 Å². The first-order valence-electron chi connectivity index (χ1n) is 9.68. The average molecular weight is 383 g/mol. The van der Waals surface area contributed by atoms with Gasteiger partial charge in [0.2, 0.25) is 0 Å². The molecule has 0 aliphatic heterocycles. The molecular formula is C27H17N3. The number of nitriles is 1. The van der Waals surface area contributed by atoms with E-state index in [4.69, 9.17) is 12.3 Å². The van der Waals surface area contributed by atoms with Crippen molar-refractivity contribution in [2.24, 2.45) is 5.73 Å². The molecule has 4 aromatic rings. The molecule has 0 unspecified atom stereocenters. The Kier molecular flexibility index (Phi) is 4.00. The Morgan fingerprint density at radius 2 is 1.37 bits per heavy atom. The lowest BCUT2D eigenvalue weighted by Crippen LogP contribution is -2.37. The topological polar surface area (TPSA) is 54.2 Å². The molecule has 5 rings (SSSR count). The molecule has 0 fully saturated rings. The number of nitrogens with zero attached hydrogens (tertiary/aromatic N) is 2. The van der Waals surface area contributed by atoms with Gasteiger partial charge in [-0.15, -0.1) is 0 Å². The third kappa shape index (κ3) is 2.40. The lowest BCUT2D eigenvalue weighted by atomic mass is 9.81. The van der Waals surface area contributed by atoms with E-state index in [9.17, 15) is 5.26 Å². The minimum Gasteiger partial charge on any atom is -0.314 e. The maximum absolute atomic E-state index is 9.51. The molecule has 0 atom stereocenters. The molecule has 3 nitrogen and oxygen atoms in total. The summed E-state index contributed by atoms with van der Waals surface area (Å²) < 4.78 is 0. The van der Waals surface area contributed by atoms with Crippen LogP contribution < -0.4 is 5.73 Å². The van der Waals surface area contributed by atoms with E-state index in [2.05, 4.69) is 35.2 Å². The molecule has 0 bridgehead atoms. The van der Waals surface area contributed by atoms with Crippen molar-refractivity contribution >= 4 is 5.69 Å². The van der Waals surface area contributed by atoms with Crippen molar-refractivity contribution in [3.05, 3.63) is 125 Å². The normalized spacial score (nSPS) is 13.0. The van der Waals surface area contributed by atoms with Gasteiger partial charge in [0.15, 0.2) is 5.69 Å². The number of hydrogen-bond donors (Lipinski definition) is 1. The minimum absolute atomic E-state index is 0.473. The highest BCUT2D eigenvalue weighted by Gasteiger charge is 2.41. The van der Waals surface area contributed by atoms with Crippen LogP contribution in [0.2, 0.25) is 0 Å². The molecule has 0 aromatic heterocycles. The van der Waals surface area contributed by atoms with Crippen molar-refractivity contribution in [2.45, 2.75) is 5.54 Å². The Hall–Kier alpha value is -4.18. The summed E-state index contributed by atoms with van der Waals surface area (Å²) >= 11 is 0. The van der Waals surface area contributed by atoms with Gasteiger partial charge in [0.25, 0.3) is 0 Å². The first-order valence-corrected chi connectivity index (χ1v) is 9.68. The molecule has 1 aliphatic rings. The Bertz CT molecular complexity index is 1290. The van der Waals surface area contributed by atoms with Crippen LogP contribution in [0, 0.1) is 17.9 Å². The summed E-state index contributed by atoms with van der Waals surface area (Å²) in [5, 5.41) is 9.51. The van der Waals surface area contributed by atoms with Crippen LogP contribution in [0.4, 0.5) is 5.69 Å². The summed E-state index contributed by atoms with van der Waals surface area (Å²) in [5.74, 6) is 0. The summed E-state index contributed by atoms with van der Waals surface area (Å²) in [5.41, 5.74) is 14.3. The maximum atomic E-state index is 9.51. The first-order chi connectivity index (χ1) is 14.7. The van der Waals surface area contributed by atoms with Gasteiger partial charge in [-0.05, 0) is 39.4 Å². The molecule has 0 saturated heterocycles. The van der Waals surface area contributed by atoms with Gasteiger partial charge < -0.3 is 5.73 Å². The maximum Gasteiger partial charge on any atom is 0.196 e. The Morgan fingerprint density at radius 3 is 1.93 bits per heavy atom. The average Bonchev–Trinajstić information content (AvgIpc) is 3.08. The number of hydrogen-bond acceptors (Lipinski definition) is 2. The van der Waals surface area contributed by atoms with E-state index < -0.39 is 5.54 Å². The highest BCUT2D eigenvalue weighted by atomic mass is 14.8. The standard InChI is InChI=1S/C27H17N3/c1-30-25-12-6-7-19(17-28)26(25)18-13-15-20(16-14-18)27(29)23-10-4-2-8-21(23)22-9-3-5-11-24(22)27/h2-16H,29H2. The minimum atomic E-state index is -0.747. The van der Waals surface area contributed by atoms with Crippen LogP contribution in [-0.2, 0) is 5.54 Å². The summed E-state index contributed by atoms with van der Waals surface area (Å²) in [6.07, 6.45) is 0. The summed E-state index contributed by atoms with van der Waals surface area (Å²) in [7, 11) is 0. The van der Waals surface area contributed by atoms with Gasteiger partial charge in [0.1, 0.15) is 0 Å². The second-order valence-corrected chi connectivity index (χ2v) is 7.40. The van der Waals surface area contributed by atoms with Gasteiger partial charge in [-0.1, -0.05) is 84.9 Å². The van der Waals surface area contributed by atoms with Crippen LogP contribution in [0.5, 0.6) is 0 Å². The van der Waals surface area contributed by atoms with E-state index in [0.29, 0.717) is 16.8 Å². The number of nitrogens with two attached hydrogens (primary N) is 1. The fraction of sp³-hybridized carbons (Fsp3) is 0.0370. The smallest absolute Gasteiger partial charge is 0.196 e. The zero-order chi connectivity index (χ0) is 20.7. The predicted octanol–water partition coefficient (Wildman–Crippen LogP) is 6.01. The predicted molar refractivity (Wildman–Crippen MR) is 119 cm³/mol. The molecule has 0 heterocycles. The molecule has 0 amide bonds. The highest BCUT2D eigenvalue weighted by Crippen LogP contribution is 2.49. The Labute approximate surface area is 175 Å². The third-order valence-corrected chi connectivity index (χ3v) is 5.91. The van der Waals surface area contributed by atoms with Crippen molar-refractivity contribution in [1.82, 2.24) is 0 Å². The van der Waals surface area contributed by atoms with Crippen LogP contribution in [0.3, 0.4) is 0 Å². The van der Waals surface area contributed by atoms with E-state index in [1.165, 1.54) is 0 Å². The van der Waals surface area contributed by atoms with E-state index in [-0.39, 0.29) is 0 Å². The molecule has 140 valence electrons. The molecular weight excluding hydrogens is 366 g/mol. The van der Waals surface area contributed by atoms with Gasteiger partial charge in [-0.25, -0.2) is 4.85 Å². The lowest BCUT2D eigenvalue weighted by Gasteiger charge is -2.28. The van der Waals surface area contributed by atoms with Gasteiger partial charge >= 0.3 is 0 Å². The summed E-state index contributed by atoms with van der Waals surface area (Å²) in [4.78, 5) is 3.60. The van der Waals surface area contributed by atoms with Crippen molar-refractivity contribution in [3.8, 4) is 28.3 Å². The van der Waals surface area contributed by atoms with Gasteiger partial charge in [0, 0.05) is 11.1 Å². The van der Waals surface area contributed by atoms with Crippen LogP contribution in [0.15, 0.2) is 91.0 Å². The monoisotopic (exact) mass is 383 g/mol. The molecule has 2 N–H and O–H groups in total. The number of benzene rings is 4. The van der Waals surface area contributed by atoms with Gasteiger partial charge in [0.05, 0.1) is 18.2 Å². The van der Waals surface area contributed by atoms with Crippen LogP contribution in [0.1, 0.15) is 22.3 Å². The molecule has 4 aromatic carbocycles. The second kappa shape index (κ2) is 6.71. The molecule has 0 spiro atoms. The van der Waals surface area contributed by atoms with E-state index in [0.717, 1.165) is 33.4 Å². The Morgan fingerprint density at radius 1 is 0.767 bits per heavy atom. The quantitative estimate of drug-likeness (QED) is 0.431. The third-order valence-electron chi connectivity index (χ3n) is 5.91. The van der Waals surface area contributed by atoms with Crippen molar-refractivity contribution in [2.75, 3.05) is 0 Å². The second-order valence-electron chi connectivity index (χ2n) is 7.40. The van der Waals surface area contributed by atoms with Crippen molar-refractivity contribution in [3.63, 3.8) is 0 Å². The van der Waals surface area contributed by atoms with Crippen LogP contribution >= 0.6 is 0 Å². The van der Waals surface area contributed by atoms with Crippen molar-refractivity contribution in [1.29, 1.82) is 5.26 Å². The van der Waals surface area contributed by atoms with Gasteiger partial charge in [-0.2, -0.15) is 5.26 Å².